The maximum atomic E-state index is 11.8. The Hall–Kier alpha value is -1.40. The number of aryl methyl sites for hydroxylation is 1. The second kappa shape index (κ2) is 6.58. The third kappa shape index (κ3) is 3.83. The minimum absolute atomic E-state index is 0.149. The van der Waals surface area contributed by atoms with Gasteiger partial charge in [-0.1, -0.05) is 19.1 Å². The van der Waals surface area contributed by atoms with E-state index >= 15 is 0 Å². The van der Waals surface area contributed by atoms with E-state index in [1.807, 2.05) is 32.0 Å². The molecular formula is C15H22N2O3S. The first-order chi connectivity index (χ1) is 9.96. The maximum absolute atomic E-state index is 11.8. The van der Waals surface area contributed by atoms with Crippen LogP contribution in [0, 0.1) is 0 Å². The first kappa shape index (κ1) is 16.0. The lowest BCUT2D eigenvalue weighted by Crippen LogP contribution is -2.34. The van der Waals surface area contributed by atoms with Crippen molar-refractivity contribution in [3.63, 3.8) is 0 Å². The summed E-state index contributed by atoms with van der Waals surface area (Å²) in [5.74, 6) is 0.303. The van der Waals surface area contributed by atoms with Crippen LogP contribution in [0.3, 0.4) is 0 Å². The first-order valence-electron chi connectivity index (χ1n) is 7.36. The largest absolute Gasteiger partial charge is 0.312 e. The zero-order chi connectivity index (χ0) is 15.5. The summed E-state index contributed by atoms with van der Waals surface area (Å²) in [6.45, 7) is 4.76. The van der Waals surface area contributed by atoms with Gasteiger partial charge in [-0.3, -0.25) is 4.79 Å². The average molecular weight is 310 g/mol. The normalized spacial score (nSPS) is 15.1. The second-order valence-corrected chi connectivity index (χ2v) is 7.17. The van der Waals surface area contributed by atoms with Crippen LogP contribution in [0.15, 0.2) is 18.2 Å². The Morgan fingerprint density at radius 1 is 1.24 bits per heavy atom. The topological polar surface area (TPSA) is 66.5 Å². The van der Waals surface area contributed by atoms with Crippen molar-refractivity contribution < 1.29 is 13.2 Å². The van der Waals surface area contributed by atoms with E-state index in [9.17, 15) is 13.2 Å². The molecule has 1 aromatic rings. The monoisotopic (exact) mass is 310 g/mol. The molecule has 0 bridgehead atoms. The highest BCUT2D eigenvalue weighted by Crippen LogP contribution is 2.28. The zero-order valence-electron chi connectivity index (χ0n) is 12.6. The maximum Gasteiger partial charge on any atom is 0.227 e. The van der Waals surface area contributed by atoms with Crippen molar-refractivity contribution >= 4 is 21.6 Å². The lowest BCUT2D eigenvalue weighted by Gasteiger charge is -2.28. The van der Waals surface area contributed by atoms with Gasteiger partial charge in [-0.05, 0) is 37.0 Å². The number of rotatable bonds is 6. The van der Waals surface area contributed by atoms with Crippen LogP contribution < -0.4 is 9.62 Å². The summed E-state index contributed by atoms with van der Waals surface area (Å²) in [5, 5.41) is 0. The third-order valence-corrected chi connectivity index (χ3v) is 5.16. The van der Waals surface area contributed by atoms with Gasteiger partial charge in [0.25, 0.3) is 0 Å². The summed E-state index contributed by atoms with van der Waals surface area (Å²) in [7, 11) is -3.19. The Balaban J connectivity index is 2.13. The molecule has 2 rings (SSSR count). The number of nitrogens with zero attached hydrogens (tertiary/aromatic N) is 1. The van der Waals surface area contributed by atoms with Gasteiger partial charge >= 0.3 is 0 Å². The lowest BCUT2D eigenvalue weighted by atomic mass is 9.99. The van der Waals surface area contributed by atoms with Crippen LogP contribution >= 0.6 is 0 Å². The summed E-state index contributed by atoms with van der Waals surface area (Å²) < 4.78 is 25.9. The number of hydrogen-bond donors (Lipinski definition) is 1. The number of benzene rings is 1. The minimum atomic E-state index is -3.19. The van der Waals surface area contributed by atoms with Gasteiger partial charge in [0.15, 0.2) is 0 Å². The second-order valence-electron chi connectivity index (χ2n) is 5.24. The quantitative estimate of drug-likeness (QED) is 0.871. The fraction of sp³-hybridized carbons (Fsp3) is 0.533. The molecule has 5 nitrogen and oxygen atoms in total. The summed E-state index contributed by atoms with van der Waals surface area (Å²) in [5.41, 5.74) is 3.00. The molecule has 0 aliphatic carbocycles. The lowest BCUT2D eigenvalue weighted by molar-refractivity contribution is -0.118. The van der Waals surface area contributed by atoms with Crippen molar-refractivity contribution in [3.05, 3.63) is 29.3 Å². The van der Waals surface area contributed by atoms with Gasteiger partial charge in [0.05, 0.1) is 5.75 Å². The van der Waals surface area contributed by atoms with Gasteiger partial charge in [-0.15, -0.1) is 0 Å². The summed E-state index contributed by atoms with van der Waals surface area (Å²) in [6, 6.07) is 5.80. The molecule has 1 amide bonds. The van der Waals surface area contributed by atoms with Crippen molar-refractivity contribution in [2.75, 3.05) is 17.2 Å². The van der Waals surface area contributed by atoms with Crippen LogP contribution in [0.5, 0.6) is 0 Å². The molecule has 1 aliphatic heterocycles. The fourth-order valence-electron chi connectivity index (χ4n) is 2.60. The molecule has 1 heterocycles. The van der Waals surface area contributed by atoms with Gasteiger partial charge in [0.1, 0.15) is 0 Å². The molecule has 1 aliphatic rings. The number of sulfonamides is 1. The standard InChI is InChI=1S/C15H22N2O3S/c1-3-9-21(19,20)16-11-12-5-7-14-13(10-12)6-8-15(18)17(14)4-2/h5,7,10,16H,3-4,6,8-9,11H2,1-2H3. The Morgan fingerprint density at radius 3 is 2.67 bits per heavy atom. The van der Waals surface area contributed by atoms with Crippen LogP contribution in [0.4, 0.5) is 5.69 Å². The van der Waals surface area contributed by atoms with Crippen molar-refractivity contribution in [2.24, 2.45) is 0 Å². The molecule has 0 spiro atoms. The molecule has 0 saturated carbocycles. The molecule has 6 heteroatoms. The number of nitrogens with one attached hydrogen (secondary N) is 1. The minimum Gasteiger partial charge on any atom is -0.312 e. The van der Waals surface area contributed by atoms with Crippen molar-refractivity contribution in [2.45, 2.75) is 39.7 Å². The molecule has 0 saturated heterocycles. The molecule has 0 radical (unpaired) electrons. The van der Waals surface area contributed by atoms with Gasteiger partial charge in [0, 0.05) is 25.2 Å². The highest BCUT2D eigenvalue weighted by molar-refractivity contribution is 7.89. The van der Waals surface area contributed by atoms with E-state index in [1.54, 1.807) is 4.90 Å². The first-order valence-corrected chi connectivity index (χ1v) is 9.01. The van der Waals surface area contributed by atoms with E-state index < -0.39 is 10.0 Å². The number of hydrogen-bond acceptors (Lipinski definition) is 3. The SMILES string of the molecule is CCCS(=O)(=O)NCc1ccc2c(c1)CCC(=O)N2CC. The summed E-state index contributed by atoms with van der Waals surface area (Å²) >= 11 is 0. The highest BCUT2D eigenvalue weighted by Gasteiger charge is 2.22. The smallest absolute Gasteiger partial charge is 0.227 e. The van der Waals surface area contributed by atoms with Crippen LogP contribution in [-0.4, -0.2) is 26.6 Å². The van der Waals surface area contributed by atoms with E-state index in [0.717, 1.165) is 23.2 Å². The zero-order valence-corrected chi connectivity index (χ0v) is 13.4. The van der Waals surface area contributed by atoms with Gasteiger partial charge < -0.3 is 4.90 Å². The van der Waals surface area contributed by atoms with Gasteiger partial charge in [-0.2, -0.15) is 0 Å². The summed E-state index contributed by atoms with van der Waals surface area (Å²) in [6.07, 6.45) is 1.85. The Kier molecular flexibility index (Phi) is 5.00. The van der Waals surface area contributed by atoms with E-state index in [0.29, 0.717) is 25.9 Å². The number of anilines is 1. The molecule has 1 aromatic carbocycles. The van der Waals surface area contributed by atoms with E-state index in [4.69, 9.17) is 0 Å². The predicted molar refractivity (Wildman–Crippen MR) is 83.7 cm³/mol. The van der Waals surface area contributed by atoms with Gasteiger partial charge in [0.2, 0.25) is 15.9 Å². The third-order valence-electron chi connectivity index (χ3n) is 3.63. The molecule has 21 heavy (non-hydrogen) atoms. The molecule has 0 fully saturated rings. The van der Waals surface area contributed by atoms with Crippen LogP contribution in [0.2, 0.25) is 0 Å². The summed E-state index contributed by atoms with van der Waals surface area (Å²) in [4.78, 5) is 13.6. The Bertz CT molecular complexity index is 626. The molecule has 0 unspecified atom stereocenters. The van der Waals surface area contributed by atoms with Crippen molar-refractivity contribution in [3.8, 4) is 0 Å². The molecule has 1 N–H and O–H groups in total. The number of amides is 1. The Labute approximate surface area is 126 Å². The number of carbonyl (C=O) groups is 1. The number of carbonyl (C=O) groups excluding carboxylic acids is 1. The fourth-order valence-corrected chi connectivity index (χ4v) is 3.67. The molecule has 0 atom stereocenters. The van der Waals surface area contributed by atoms with E-state index in [2.05, 4.69) is 4.72 Å². The highest BCUT2D eigenvalue weighted by atomic mass is 32.2. The van der Waals surface area contributed by atoms with Crippen LogP contribution in [-0.2, 0) is 27.8 Å². The van der Waals surface area contributed by atoms with Crippen LogP contribution in [0.1, 0.15) is 37.8 Å². The van der Waals surface area contributed by atoms with Crippen LogP contribution in [0.25, 0.3) is 0 Å². The molecule has 0 aromatic heterocycles. The van der Waals surface area contributed by atoms with E-state index in [1.165, 1.54) is 0 Å². The molecular weight excluding hydrogens is 288 g/mol. The van der Waals surface area contributed by atoms with E-state index in [-0.39, 0.29) is 11.7 Å². The van der Waals surface area contributed by atoms with Gasteiger partial charge in [-0.25, -0.2) is 13.1 Å². The Morgan fingerprint density at radius 2 is 2.00 bits per heavy atom. The van der Waals surface area contributed by atoms with Crippen molar-refractivity contribution in [1.29, 1.82) is 0 Å². The average Bonchev–Trinajstić information content (AvgIpc) is 2.45. The van der Waals surface area contributed by atoms with Crippen molar-refractivity contribution in [1.82, 2.24) is 4.72 Å². The number of fused-ring (bicyclic) bond motifs is 1. The predicted octanol–water partition coefficient (Wildman–Crippen LogP) is 1.82. The molecule has 116 valence electrons.